The van der Waals surface area contributed by atoms with Gasteiger partial charge in [-0.25, -0.2) is 4.79 Å². The van der Waals surface area contributed by atoms with E-state index in [2.05, 4.69) is 15.1 Å². The quantitative estimate of drug-likeness (QED) is 0.854. The minimum atomic E-state index is -0.978. The molecule has 1 fully saturated rings. The van der Waals surface area contributed by atoms with Crippen LogP contribution < -0.4 is 0 Å². The lowest BCUT2D eigenvalue weighted by Crippen LogP contribution is -2.36. The number of aromatic carboxylic acids is 1. The molecule has 0 aliphatic carbocycles. The Morgan fingerprint density at radius 3 is 2.84 bits per heavy atom. The van der Waals surface area contributed by atoms with E-state index in [4.69, 9.17) is 4.74 Å². The maximum Gasteiger partial charge on any atom is 0.352 e. The molecule has 2 aromatic rings. The van der Waals surface area contributed by atoms with Crippen LogP contribution in [0.2, 0.25) is 0 Å². The van der Waals surface area contributed by atoms with Gasteiger partial charge in [-0.3, -0.25) is 9.30 Å². The topological polar surface area (TPSA) is 80.0 Å². The molecule has 0 atom stereocenters. The zero-order valence-electron chi connectivity index (χ0n) is 10.3. The molecule has 7 nitrogen and oxygen atoms in total. The van der Waals surface area contributed by atoms with E-state index in [9.17, 15) is 9.90 Å². The van der Waals surface area contributed by atoms with Crippen LogP contribution in [0.25, 0.3) is 5.65 Å². The van der Waals surface area contributed by atoms with Crippen molar-refractivity contribution in [3.8, 4) is 0 Å². The van der Waals surface area contributed by atoms with Gasteiger partial charge in [0, 0.05) is 13.1 Å². The van der Waals surface area contributed by atoms with Crippen LogP contribution in [0.3, 0.4) is 0 Å². The van der Waals surface area contributed by atoms with Gasteiger partial charge in [0.2, 0.25) is 0 Å². The maximum absolute atomic E-state index is 11.2. The summed E-state index contributed by atoms with van der Waals surface area (Å²) in [5, 5.41) is 17.3. The van der Waals surface area contributed by atoms with Crippen LogP contribution in [0.4, 0.5) is 0 Å². The number of hydrogen-bond acceptors (Lipinski definition) is 5. The first kappa shape index (κ1) is 12.1. The molecule has 0 unspecified atom stereocenters. The summed E-state index contributed by atoms with van der Waals surface area (Å²) in [6.45, 7) is 3.62. The Labute approximate surface area is 109 Å². The number of rotatable bonds is 3. The van der Waals surface area contributed by atoms with E-state index in [1.165, 1.54) is 0 Å². The summed E-state index contributed by atoms with van der Waals surface area (Å²) >= 11 is 0. The average molecular weight is 262 g/mol. The molecule has 7 heteroatoms. The number of carboxylic acids is 1. The third-order valence-electron chi connectivity index (χ3n) is 3.18. The molecule has 0 aromatic carbocycles. The van der Waals surface area contributed by atoms with Crippen LogP contribution in [0, 0.1) is 0 Å². The fourth-order valence-corrected chi connectivity index (χ4v) is 2.23. The second kappa shape index (κ2) is 4.94. The van der Waals surface area contributed by atoms with Gasteiger partial charge in [0.05, 0.1) is 19.8 Å². The van der Waals surface area contributed by atoms with Crippen LogP contribution in [-0.2, 0) is 11.3 Å². The van der Waals surface area contributed by atoms with Crippen LogP contribution in [-0.4, -0.2) is 56.9 Å². The van der Waals surface area contributed by atoms with Crippen molar-refractivity contribution < 1.29 is 14.6 Å². The van der Waals surface area contributed by atoms with Crippen molar-refractivity contribution in [2.24, 2.45) is 0 Å². The van der Waals surface area contributed by atoms with Crippen molar-refractivity contribution in [1.82, 2.24) is 19.5 Å². The third-order valence-corrected chi connectivity index (χ3v) is 3.18. The van der Waals surface area contributed by atoms with E-state index < -0.39 is 5.97 Å². The molecule has 0 amide bonds. The van der Waals surface area contributed by atoms with Crippen LogP contribution >= 0.6 is 0 Å². The Hall–Kier alpha value is -1.99. The molecule has 1 aliphatic rings. The van der Waals surface area contributed by atoms with Gasteiger partial charge in [-0.05, 0) is 12.1 Å². The highest BCUT2D eigenvalue weighted by Crippen LogP contribution is 2.11. The fourth-order valence-electron chi connectivity index (χ4n) is 2.23. The Morgan fingerprint density at radius 2 is 2.11 bits per heavy atom. The lowest BCUT2D eigenvalue weighted by Gasteiger charge is -2.25. The van der Waals surface area contributed by atoms with Gasteiger partial charge < -0.3 is 9.84 Å². The number of carbonyl (C=O) groups is 1. The molecule has 100 valence electrons. The maximum atomic E-state index is 11.2. The number of hydrogen-bond donors (Lipinski definition) is 1. The Kier molecular flexibility index (Phi) is 3.14. The number of ether oxygens (including phenoxy) is 1. The summed E-state index contributed by atoms with van der Waals surface area (Å²) in [5.74, 6) is -0.330. The lowest BCUT2D eigenvalue weighted by atomic mass is 10.3. The van der Waals surface area contributed by atoms with Gasteiger partial charge in [0.25, 0.3) is 0 Å². The Bertz CT molecular complexity index is 604. The monoisotopic (exact) mass is 262 g/mol. The number of carboxylic acid groups (broad SMARTS) is 1. The van der Waals surface area contributed by atoms with Gasteiger partial charge in [-0.1, -0.05) is 6.07 Å². The second-order valence-electron chi connectivity index (χ2n) is 4.41. The van der Waals surface area contributed by atoms with Crippen LogP contribution in [0.1, 0.15) is 16.3 Å². The number of pyridine rings is 1. The molecule has 0 spiro atoms. The van der Waals surface area contributed by atoms with Gasteiger partial charge in [-0.2, -0.15) is 0 Å². The minimum absolute atomic E-state index is 0.186. The summed E-state index contributed by atoms with van der Waals surface area (Å²) in [5.41, 5.74) is 0.744. The summed E-state index contributed by atoms with van der Waals surface area (Å²) in [6.07, 6.45) is 0. The van der Waals surface area contributed by atoms with E-state index in [0.717, 1.165) is 13.1 Å². The predicted octanol–water partition coefficient (Wildman–Crippen LogP) is 0.260. The summed E-state index contributed by atoms with van der Waals surface area (Å²) in [7, 11) is 0. The SMILES string of the molecule is O=C(O)c1cccc2nnc(CN3CCOCC3)n12. The molecular weight excluding hydrogens is 248 g/mol. The molecule has 19 heavy (non-hydrogen) atoms. The predicted molar refractivity (Wildman–Crippen MR) is 66.0 cm³/mol. The highest BCUT2D eigenvalue weighted by Gasteiger charge is 2.17. The fraction of sp³-hybridized carbons (Fsp3) is 0.417. The first-order valence-electron chi connectivity index (χ1n) is 6.12. The average Bonchev–Trinajstić information content (AvgIpc) is 2.83. The van der Waals surface area contributed by atoms with E-state index in [0.29, 0.717) is 31.2 Å². The van der Waals surface area contributed by atoms with Crippen molar-refractivity contribution in [2.75, 3.05) is 26.3 Å². The normalized spacial score (nSPS) is 16.8. The van der Waals surface area contributed by atoms with Gasteiger partial charge in [0.15, 0.2) is 11.5 Å². The smallest absolute Gasteiger partial charge is 0.352 e. The Balaban J connectivity index is 1.96. The van der Waals surface area contributed by atoms with Gasteiger partial charge in [-0.15, -0.1) is 10.2 Å². The molecule has 3 heterocycles. The van der Waals surface area contributed by atoms with Crippen LogP contribution in [0.5, 0.6) is 0 Å². The van der Waals surface area contributed by atoms with Crippen molar-refractivity contribution in [1.29, 1.82) is 0 Å². The zero-order chi connectivity index (χ0) is 13.2. The largest absolute Gasteiger partial charge is 0.477 e. The number of aromatic nitrogens is 3. The van der Waals surface area contributed by atoms with E-state index >= 15 is 0 Å². The Morgan fingerprint density at radius 1 is 1.32 bits per heavy atom. The van der Waals surface area contributed by atoms with E-state index in [1.54, 1.807) is 22.6 Å². The second-order valence-corrected chi connectivity index (χ2v) is 4.41. The van der Waals surface area contributed by atoms with Crippen molar-refractivity contribution in [3.05, 3.63) is 29.7 Å². The third kappa shape index (κ3) is 2.29. The molecule has 0 saturated carbocycles. The molecular formula is C12H14N4O3. The van der Waals surface area contributed by atoms with Crippen molar-refractivity contribution >= 4 is 11.6 Å². The number of fused-ring (bicyclic) bond motifs is 1. The summed E-state index contributed by atoms with van der Waals surface area (Å²) in [4.78, 5) is 13.4. The molecule has 0 radical (unpaired) electrons. The highest BCUT2D eigenvalue weighted by molar-refractivity contribution is 5.86. The summed E-state index contributed by atoms with van der Waals surface area (Å²) < 4.78 is 6.88. The van der Waals surface area contributed by atoms with Crippen molar-refractivity contribution in [2.45, 2.75) is 6.54 Å². The first-order chi connectivity index (χ1) is 9.25. The van der Waals surface area contributed by atoms with E-state index in [-0.39, 0.29) is 5.69 Å². The zero-order valence-corrected chi connectivity index (χ0v) is 10.3. The van der Waals surface area contributed by atoms with Gasteiger partial charge in [0.1, 0.15) is 5.69 Å². The van der Waals surface area contributed by atoms with Crippen LogP contribution in [0.15, 0.2) is 18.2 Å². The molecule has 2 aromatic heterocycles. The molecule has 1 saturated heterocycles. The number of morpholine rings is 1. The van der Waals surface area contributed by atoms with E-state index in [1.807, 2.05) is 0 Å². The van der Waals surface area contributed by atoms with Crippen molar-refractivity contribution in [3.63, 3.8) is 0 Å². The standard InChI is InChI=1S/C12H14N4O3/c17-12(18)9-2-1-3-10-13-14-11(16(9)10)8-15-4-6-19-7-5-15/h1-3H,4-8H2,(H,17,18). The van der Waals surface area contributed by atoms with Gasteiger partial charge >= 0.3 is 5.97 Å². The summed E-state index contributed by atoms with van der Waals surface area (Å²) in [6, 6.07) is 4.98. The minimum Gasteiger partial charge on any atom is -0.477 e. The molecule has 1 aliphatic heterocycles. The first-order valence-corrected chi connectivity index (χ1v) is 6.12. The molecule has 3 rings (SSSR count). The lowest BCUT2D eigenvalue weighted by molar-refractivity contribution is 0.0328. The molecule has 1 N–H and O–H groups in total. The number of nitrogens with zero attached hydrogens (tertiary/aromatic N) is 4. The highest BCUT2D eigenvalue weighted by atomic mass is 16.5. The molecule has 0 bridgehead atoms.